The van der Waals surface area contributed by atoms with Gasteiger partial charge in [-0.25, -0.2) is 18.7 Å². The minimum atomic E-state index is -0.649. The van der Waals surface area contributed by atoms with Crippen molar-refractivity contribution in [3.05, 3.63) is 65.9 Å². The fraction of sp³-hybridized carbons (Fsp3) is 0.190. The minimum Gasteiger partial charge on any atom is -0.496 e. The average Bonchev–Trinajstić information content (AvgIpc) is 2.75. The van der Waals surface area contributed by atoms with Gasteiger partial charge in [0, 0.05) is 28.8 Å². The normalized spacial score (nSPS) is 11.7. The van der Waals surface area contributed by atoms with E-state index in [1.807, 2.05) is 37.4 Å². The van der Waals surface area contributed by atoms with Gasteiger partial charge in [-0.2, -0.15) is 9.62 Å². The molecule has 0 saturated heterocycles. The fourth-order valence-electron chi connectivity index (χ4n) is 2.79. The van der Waals surface area contributed by atoms with Crippen LogP contribution in [-0.4, -0.2) is 22.8 Å². The summed E-state index contributed by atoms with van der Waals surface area (Å²) < 4.78 is 37.0. The molecule has 0 saturated carbocycles. The van der Waals surface area contributed by atoms with E-state index < -0.39 is 11.6 Å². The monoisotopic (exact) mass is 427 g/mol. The maximum Gasteiger partial charge on any atom is 0.227 e. The number of nitrogens with zero attached hydrogens (tertiary/aromatic N) is 4. The summed E-state index contributed by atoms with van der Waals surface area (Å²) >= 11 is 0. The number of ether oxygens (including phenoxy) is 1. The van der Waals surface area contributed by atoms with Crippen LogP contribution in [0.15, 0.2) is 53.0 Å². The van der Waals surface area contributed by atoms with Crippen LogP contribution >= 0.6 is 0 Å². The minimum absolute atomic E-state index is 0.000790. The highest BCUT2D eigenvalue weighted by molar-refractivity contribution is 7.86. The number of nitrogens with one attached hydrogen (secondary N) is 1. The Morgan fingerprint density at radius 2 is 2.07 bits per heavy atom. The lowest BCUT2D eigenvalue weighted by molar-refractivity contribution is 0.412. The maximum atomic E-state index is 14.4. The SMILES string of the molecule is CCS(Cc1cccc(Nc2ncc(F)c(-c3ccc(F)cc3OC)n2)c1)=NC#N. The smallest absolute Gasteiger partial charge is 0.227 e. The van der Waals surface area contributed by atoms with Crippen LogP contribution < -0.4 is 10.1 Å². The van der Waals surface area contributed by atoms with Gasteiger partial charge < -0.3 is 10.1 Å². The van der Waals surface area contributed by atoms with Crippen LogP contribution in [0.1, 0.15) is 12.5 Å². The van der Waals surface area contributed by atoms with E-state index in [2.05, 4.69) is 19.6 Å². The number of rotatable bonds is 7. The molecule has 6 nitrogen and oxygen atoms in total. The maximum absolute atomic E-state index is 14.4. The topological polar surface area (TPSA) is 83.2 Å². The second-order valence-electron chi connectivity index (χ2n) is 6.15. The summed E-state index contributed by atoms with van der Waals surface area (Å²) in [5.74, 6) is 0.662. The van der Waals surface area contributed by atoms with Crippen molar-refractivity contribution in [2.24, 2.45) is 4.36 Å². The summed E-state index contributed by atoms with van der Waals surface area (Å²) in [5.41, 5.74) is 2.04. The highest BCUT2D eigenvalue weighted by Gasteiger charge is 2.15. The molecule has 1 N–H and O–H groups in total. The molecular weight excluding hydrogens is 408 g/mol. The van der Waals surface area contributed by atoms with Crippen LogP contribution in [0.25, 0.3) is 11.3 Å². The number of nitriles is 1. The Kier molecular flexibility index (Phi) is 7.03. The van der Waals surface area contributed by atoms with E-state index in [0.29, 0.717) is 17.0 Å². The first-order valence-corrected chi connectivity index (χ1v) is 10.6. The highest BCUT2D eigenvalue weighted by atomic mass is 32.2. The molecule has 0 amide bonds. The summed E-state index contributed by atoms with van der Waals surface area (Å²) in [6.45, 7) is 1.99. The summed E-state index contributed by atoms with van der Waals surface area (Å²) in [5, 5.41) is 11.8. The quantitative estimate of drug-likeness (QED) is 0.538. The lowest BCUT2D eigenvalue weighted by Gasteiger charge is -2.11. The molecule has 0 aliphatic carbocycles. The third kappa shape index (κ3) is 5.15. The molecule has 30 heavy (non-hydrogen) atoms. The van der Waals surface area contributed by atoms with E-state index in [4.69, 9.17) is 10.00 Å². The Balaban J connectivity index is 1.89. The van der Waals surface area contributed by atoms with Crippen LogP contribution in [0.5, 0.6) is 5.75 Å². The van der Waals surface area contributed by atoms with Crippen molar-refractivity contribution < 1.29 is 13.5 Å². The second-order valence-corrected chi connectivity index (χ2v) is 8.12. The van der Waals surface area contributed by atoms with Gasteiger partial charge in [0.2, 0.25) is 12.1 Å². The van der Waals surface area contributed by atoms with Crippen LogP contribution in [0.3, 0.4) is 0 Å². The number of anilines is 2. The van der Waals surface area contributed by atoms with E-state index in [0.717, 1.165) is 17.5 Å². The molecule has 1 atom stereocenters. The largest absolute Gasteiger partial charge is 0.496 e. The van der Waals surface area contributed by atoms with E-state index in [-0.39, 0.29) is 28.1 Å². The van der Waals surface area contributed by atoms with Gasteiger partial charge in [0.05, 0.1) is 13.3 Å². The molecule has 1 unspecified atom stereocenters. The first-order valence-electron chi connectivity index (χ1n) is 9.04. The molecule has 1 aromatic heterocycles. The zero-order chi connectivity index (χ0) is 21.5. The Morgan fingerprint density at radius 3 is 2.80 bits per heavy atom. The number of halogens is 2. The standard InChI is InChI=1S/C21H19F2N5OS/c1-3-30(26-13-24)12-14-5-4-6-16(9-14)27-21-25-11-18(23)20(28-21)17-8-7-15(22)10-19(17)29-2/h4-11H,3,12H2,1-2H3,(H,25,27,28). The predicted octanol–water partition coefficient (Wildman–Crippen LogP) is 4.98. The zero-order valence-corrected chi connectivity index (χ0v) is 17.2. The lowest BCUT2D eigenvalue weighted by atomic mass is 10.1. The molecule has 0 spiro atoms. The van der Waals surface area contributed by atoms with Gasteiger partial charge >= 0.3 is 0 Å². The molecule has 0 bridgehead atoms. The molecule has 0 aliphatic rings. The Morgan fingerprint density at radius 1 is 1.23 bits per heavy atom. The first-order chi connectivity index (χ1) is 14.5. The Labute approximate surface area is 175 Å². The molecule has 154 valence electrons. The number of hydrogen-bond donors (Lipinski definition) is 1. The van der Waals surface area contributed by atoms with Gasteiger partial charge in [-0.3, -0.25) is 0 Å². The fourth-order valence-corrected chi connectivity index (χ4v) is 3.87. The number of benzene rings is 2. The molecular formula is C21H19F2N5OS. The van der Waals surface area contributed by atoms with Crippen molar-refractivity contribution in [2.75, 3.05) is 18.2 Å². The van der Waals surface area contributed by atoms with Crippen molar-refractivity contribution in [3.8, 4) is 23.2 Å². The van der Waals surface area contributed by atoms with E-state index in [1.165, 1.54) is 25.3 Å². The second kappa shape index (κ2) is 9.89. The predicted molar refractivity (Wildman–Crippen MR) is 113 cm³/mol. The number of aromatic nitrogens is 2. The van der Waals surface area contributed by atoms with Crippen LogP contribution in [0.2, 0.25) is 0 Å². The van der Waals surface area contributed by atoms with E-state index in [9.17, 15) is 8.78 Å². The van der Waals surface area contributed by atoms with Crippen molar-refractivity contribution >= 4 is 22.3 Å². The number of methoxy groups -OCH3 is 1. The molecule has 0 aliphatic heterocycles. The first kappa shape index (κ1) is 21.3. The van der Waals surface area contributed by atoms with E-state index in [1.54, 1.807) is 0 Å². The third-order valence-corrected chi connectivity index (χ3v) is 5.86. The third-order valence-electron chi connectivity index (χ3n) is 4.18. The van der Waals surface area contributed by atoms with Gasteiger partial charge in [-0.1, -0.05) is 29.7 Å². The molecule has 9 heteroatoms. The zero-order valence-electron chi connectivity index (χ0n) is 16.4. The van der Waals surface area contributed by atoms with Crippen LogP contribution in [0.4, 0.5) is 20.4 Å². The van der Waals surface area contributed by atoms with Crippen LogP contribution in [0, 0.1) is 23.1 Å². The van der Waals surface area contributed by atoms with Gasteiger partial charge in [-0.15, -0.1) is 0 Å². The van der Waals surface area contributed by atoms with Crippen molar-refractivity contribution in [3.63, 3.8) is 0 Å². The van der Waals surface area contributed by atoms with Gasteiger partial charge in [0.15, 0.2) is 5.82 Å². The van der Waals surface area contributed by atoms with Gasteiger partial charge in [-0.05, 0) is 29.8 Å². The Bertz CT molecular complexity index is 1130. The summed E-state index contributed by atoms with van der Waals surface area (Å²) in [4.78, 5) is 8.25. The molecule has 0 radical (unpaired) electrons. The van der Waals surface area contributed by atoms with Gasteiger partial charge in [0.1, 0.15) is 17.3 Å². The highest BCUT2D eigenvalue weighted by Crippen LogP contribution is 2.31. The van der Waals surface area contributed by atoms with Crippen molar-refractivity contribution in [2.45, 2.75) is 12.7 Å². The Hall–Kier alpha value is -3.38. The average molecular weight is 427 g/mol. The summed E-state index contributed by atoms with van der Waals surface area (Å²) in [7, 11) is 1.02. The molecule has 2 aromatic carbocycles. The van der Waals surface area contributed by atoms with Crippen molar-refractivity contribution in [1.29, 1.82) is 5.26 Å². The van der Waals surface area contributed by atoms with Crippen LogP contribution in [-0.2, 0) is 16.4 Å². The summed E-state index contributed by atoms with van der Waals surface area (Å²) in [6.07, 6.45) is 2.92. The van der Waals surface area contributed by atoms with E-state index >= 15 is 0 Å². The lowest BCUT2D eigenvalue weighted by Crippen LogP contribution is -2.02. The molecule has 1 heterocycles. The number of hydrogen-bond acceptors (Lipinski definition) is 6. The summed E-state index contributed by atoms with van der Waals surface area (Å²) in [6, 6.07) is 11.4. The molecule has 3 rings (SSSR count). The molecule has 0 fully saturated rings. The van der Waals surface area contributed by atoms with Crippen molar-refractivity contribution in [1.82, 2.24) is 9.97 Å². The van der Waals surface area contributed by atoms with Gasteiger partial charge in [0.25, 0.3) is 0 Å². The molecule has 3 aromatic rings.